The van der Waals surface area contributed by atoms with E-state index in [-0.39, 0.29) is 40.3 Å². The quantitative estimate of drug-likeness (QED) is 0.174. The third kappa shape index (κ3) is 6.32. The average Bonchev–Trinajstić information content (AvgIpc) is 3.08. The molecule has 0 spiro atoms. The summed E-state index contributed by atoms with van der Waals surface area (Å²) in [4.78, 5) is 1.90. The molecule has 6 rings (SSSR count). The van der Waals surface area contributed by atoms with Crippen LogP contribution < -0.4 is 4.90 Å². The molecule has 0 aliphatic rings. The summed E-state index contributed by atoms with van der Waals surface area (Å²) in [5, 5.41) is -0.166. The molecule has 0 aliphatic carbocycles. The molecule has 0 N–H and O–H groups in total. The highest BCUT2D eigenvalue weighted by Crippen LogP contribution is 2.49. The number of nitrogens with zero attached hydrogens (tertiary/aromatic N) is 1. The number of halogens is 2. The van der Waals surface area contributed by atoms with E-state index in [0.29, 0.717) is 5.69 Å². The number of benzene rings is 6. The van der Waals surface area contributed by atoms with E-state index in [4.69, 9.17) is 14.3 Å². The molecule has 0 saturated heterocycles. The van der Waals surface area contributed by atoms with Gasteiger partial charge in [-0.25, -0.2) is 0 Å². The summed E-state index contributed by atoms with van der Waals surface area (Å²) < 4.78 is 36.4. The van der Waals surface area contributed by atoms with Crippen LogP contribution >= 0.6 is 27.5 Å². The van der Waals surface area contributed by atoms with Crippen LogP contribution in [0.2, 0.25) is 5.02 Å². The molecule has 1 nitrogen and oxygen atoms in total. The maximum Gasteiger partial charge on any atom is 0.0661 e. The highest BCUT2D eigenvalue weighted by atomic mass is 79.9. The lowest BCUT2D eigenvalue weighted by Crippen LogP contribution is -2.16. The summed E-state index contributed by atoms with van der Waals surface area (Å²) in [6, 6.07) is 39.7. The van der Waals surface area contributed by atoms with Crippen LogP contribution in [-0.4, -0.2) is 0 Å². The molecule has 3 heteroatoms. The monoisotopic (exact) mass is 645 g/mol. The Morgan fingerprint density at radius 2 is 1.16 bits per heavy atom. The first-order chi connectivity index (χ1) is 22.5. The fourth-order valence-corrected chi connectivity index (χ4v) is 5.90. The van der Waals surface area contributed by atoms with Crippen LogP contribution in [-0.2, 0) is 5.41 Å². The van der Waals surface area contributed by atoms with E-state index in [0.717, 1.165) is 49.1 Å². The van der Waals surface area contributed by atoms with Crippen LogP contribution in [0.15, 0.2) is 150 Å². The molecule has 6 aromatic rings. The first-order valence-electron chi connectivity index (χ1n) is 16.2. The van der Waals surface area contributed by atoms with Gasteiger partial charge in [0.15, 0.2) is 0 Å². The predicted octanol–water partition coefficient (Wildman–Crippen LogP) is 12.9. The summed E-state index contributed by atoms with van der Waals surface area (Å²) >= 11 is 10.4. The van der Waals surface area contributed by atoms with Crippen LogP contribution in [0.1, 0.15) is 31.8 Å². The lowest BCUT2D eigenvalue weighted by molar-refractivity contribution is 0.590. The van der Waals surface area contributed by atoms with Gasteiger partial charge < -0.3 is 4.90 Å². The SMILES string of the molecule is [2H]c1c([2H])c(Cl)c([2H])c(N(c2cc(Br)cc(C(C)(C)C)c2)c2c(-c3ccccc3)cc(-c3ccccc3)cc2-c2ccccc2)c1[2H]. The minimum absolute atomic E-state index is 0.135. The molecule has 212 valence electrons. The average molecular weight is 647 g/mol. The molecule has 0 atom stereocenters. The highest BCUT2D eigenvalue weighted by molar-refractivity contribution is 9.10. The van der Waals surface area contributed by atoms with Crippen molar-refractivity contribution in [1.29, 1.82) is 0 Å². The molecule has 0 heterocycles. The van der Waals surface area contributed by atoms with Crippen molar-refractivity contribution in [1.82, 2.24) is 0 Å². The van der Waals surface area contributed by atoms with Crippen molar-refractivity contribution in [3.05, 3.63) is 161 Å². The van der Waals surface area contributed by atoms with Gasteiger partial charge in [0.2, 0.25) is 0 Å². The molecule has 6 aromatic carbocycles. The number of hydrogen-bond donors (Lipinski definition) is 0. The summed E-state index contributed by atoms with van der Waals surface area (Å²) in [6.07, 6.45) is 0. The zero-order valence-corrected chi connectivity index (χ0v) is 26.6. The molecule has 0 amide bonds. The van der Waals surface area contributed by atoms with Gasteiger partial charge in [0.05, 0.1) is 11.2 Å². The maximum absolute atomic E-state index is 9.25. The molecule has 0 fully saturated rings. The van der Waals surface area contributed by atoms with E-state index in [1.54, 1.807) is 0 Å². The first kappa shape index (κ1) is 24.3. The first-order valence-corrected chi connectivity index (χ1v) is 15.3. The van der Waals surface area contributed by atoms with Gasteiger partial charge >= 0.3 is 0 Å². The van der Waals surface area contributed by atoms with Crippen molar-refractivity contribution in [2.75, 3.05) is 4.90 Å². The Morgan fingerprint density at radius 1 is 0.628 bits per heavy atom. The van der Waals surface area contributed by atoms with E-state index in [2.05, 4.69) is 97.4 Å². The Balaban J connectivity index is 1.84. The van der Waals surface area contributed by atoms with Crippen molar-refractivity contribution in [2.24, 2.45) is 0 Å². The standard InChI is InChI=1S/C40H33BrClN/c1-40(2,3)32-24-33(41)26-36(25-32)43(35-21-13-20-34(42)27-35)39-37(29-16-9-5-10-17-29)22-31(28-14-7-4-8-15-28)23-38(39)30-18-11-6-12-19-30/h4-27H,1-3H3/i13D,20D,21D,27D. The van der Waals surface area contributed by atoms with Gasteiger partial charge in [0, 0.05) is 32.0 Å². The lowest BCUT2D eigenvalue weighted by Gasteiger charge is -2.32. The highest BCUT2D eigenvalue weighted by Gasteiger charge is 2.25. The third-order valence-corrected chi connectivity index (χ3v) is 8.07. The number of hydrogen-bond acceptors (Lipinski definition) is 1. The zero-order valence-electron chi connectivity index (χ0n) is 28.3. The van der Waals surface area contributed by atoms with Crippen LogP contribution in [0.3, 0.4) is 0 Å². The fraction of sp³-hybridized carbons (Fsp3) is 0.100. The Morgan fingerprint density at radius 3 is 1.70 bits per heavy atom. The van der Waals surface area contributed by atoms with Gasteiger partial charge in [-0.15, -0.1) is 0 Å². The second kappa shape index (κ2) is 12.2. The molecular formula is C40H33BrClN. The van der Waals surface area contributed by atoms with Crippen LogP contribution in [0, 0.1) is 0 Å². The fourth-order valence-electron chi connectivity index (χ4n) is 5.28. The number of anilines is 3. The molecule has 0 unspecified atom stereocenters. The molecule has 0 aliphatic heterocycles. The lowest BCUT2D eigenvalue weighted by atomic mass is 9.86. The molecular weight excluding hydrogens is 610 g/mol. The van der Waals surface area contributed by atoms with E-state index in [1.165, 1.54) is 0 Å². The molecule has 0 bridgehead atoms. The minimum Gasteiger partial charge on any atom is -0.309 e. The van der Waals surface area contributed by atoms with E-state index in [1.807, 2.05) is 65.6 Å². The van der Waals surface area contributed by atoms with Crippen molar-refractivity contribution in [3.63, 3.8) is 0 Å². The van der Waals surface area contributed by atoms with Crippen molar-refractivity contribution in [3.8, 4) is 33.4 Å². The zero-order chi connectivity index (χ0) is 33.5. The summed E-state index contributed by atoms with van der Waals surface area (Å²) in [5.41, 5.74) is 8.09. The second-order valence-electron chi connectivity index (χ2n) is 11.5. The molecule has 43 heavy (non-hydrogen) atoms. The van der Waals surface area contributed by atoms with E-state index >= 15 is 0 Å². The Labute approximate surface area is 274 Å². The second-order valence-corrected chi connectivity index (χ2v) is 12.8. The van der Waals surface area contributed by atoms with Gasteiger partial charge in [-0.05, 0) is 81.7 Å². The topological polar surface area (TPSA) is 3.24 Å². The van der Waals surface area contributed by atoms with Crippen LogP contribution in [0.4, 0.5) is 17.1 Å². The van der Waals surface area contributed by atoms with Gasteiger partial charge in [0.1, 0.15) is 0 Å². The Bertz CT molecular complexity index is 1990. The largest absolute Gasteiger partial charge is 0.309 e. The minimum atomic E-state index is -0.333. The Kier molecular flexibility index (Phi) is 6.93. The summed E-state index contributed by atoms with van der Waals surface area (Å²) in [5.74, 6) is 0. The number of rotatable bonds is 6. The normalized spacial score (nSPS) is 12.7. The summed E-state index contributed by atoms with van der Waals surface area (Å²) in [6.45, 7) is 6.42. The third-order valence-electron chi connectivity index (χ3n) is 7.42. The van der Waals surface area contributed by atoms with Crippen LogP contribution in [0.25, 0.3) is 33.4 Å². The van der Waals surface area contributed by atoms with Gasteiger partial charge in [-0.2, -0.15) is 0 Å². The predicted molar refractivity (Wildman–Crippen MR) is 189 cm³/mol. The van der Waals surface area contributed by atoms with Crippen molar-refractivity contribution in [2.45, 2.75) is 26.2 Å². The van der Waals surface area contributed by atoms with Crippen LogP contribution in [0.5, 0.6) is 0 Å². The van der Waals surface area contributed by atoms with E-state index in [9.17, 15) is 2.74 Å². The Hall–Kier alpha value is -4.11. The molecule has 0 aromatic heterocycles. The van der Waals surface area contributed by atoms with E-state index < -0.39 is 0 Å². The van der Waals surface area contributed by atoms with Crippen molar-refractivity contribution >= 4 is 44.6 Å². The smallest absolute Gasteiger partial charge is 0.0661 e. The molecule has 0 saturated carbocycles. The maximum atomic E-state index is 9.25. The van der Waals surface area contributed by atoms with Gasteiger partial charge in [-0.1, -0.05) is 145 Å². The van der Waals surface area contributed by atoms with Crippen molar-refractivity contribution < 1.29 is 5.48 Å². The summed E-state index contributed by atoms with van der Waals surface area (Å²) in [7, 11) is 0. The van der Waals surface area contributed by atoms with Gasteiger partial charge in [-0.3, -0.25) is 0 Å². The van der Waals surface area contributed by atoms with Gasteiger partial charge in [0.25, 0.3) is 0 Å². The molecule has 0 radical (unpaired) electrons.